The number of benzene rings is 3. The van der Waals surface area contributed by atoms with E-state index in [1.807, 2.05) is 0 Å². The summed E-state index contributed by atoms with van der Waals surface area (Å²) < 4.78 is 89.2. The molecule has 1 heterocycles. The van der Waals surface area contributed by atoms with Crippen molar-refractivity contribution in [1.29, 1.82) is 0 Å². The molecule has 0 aliphatic heterocycles. The van der Waals surface area contributed by atoms with Crippen LogP contribution in [0.2, 0.25) is 5.02 Å². The molecular formula is C24H15ClF6N2O2. The van der Waals surface area contributed by atoms with Crippen LogP contribution in [0.15, 0.2) is 60.8 Å². The second-order valence-corrected chi connectivity index (χ2v) is 7.86. The van der Waals surface area contributed by atoms with Crippen LogP contribution in [0, 0.1) is 0 Å². The van der Waals surface area contributed by atoms with Crippen LogP contribution in [0.25, 0.3) is 22.3 Å². The van der Waals surface area contributed by atoms with Crippen LogP contribution in [-0.2, 0) is 19.0 Å². The van der Waals surface area contributed by atoms with Crippen molar-refractivity contribution in [3.8, 4) is 22.8 Å². The van der Waals surface area contributed by atoms with Crippen LogP contribution in [0.3, 0.4) is 0 Å². The molecule has 0 amide bonds. The smallest absolute Gasteiger partial charge is 0.416 e. The average Bonchev–Trinajstić information content (AvgIpc) is 2.81. The first kappa shape index (κ1) is 24.6. The molecule has 0 atom stereocenters. The van der Waals surface area contributed by atoms with Gasteiger partial charge in [0.15, 0.2) is 0 Å². The molecule has 3 aromatic carbocycles. The molecule has 0 unspecified atom stereocenters. The second kappa shape index (κ2) is 9.26. The van der Waals surface area contributed by atoms with Gasteiger partial charge in [0, 0.05) is 11.6 Å². The van der Waals surface area contributed by atoms with E-state index in [-0.39, 0.29) is 17.4 Å². The number of alkyl halides is 6. The molecular weight excluding hydrogens is 498 g/mol. The van der Waals surface area contributed by atoms with Crippen molar-refractivity contribution in [3.05, 3.63) is 82.5 Å². The number of aromatic nitrogens is 2. The van der Waals surface area contributed by atoms with Gasteiger partial charge in [0.05, 0.1) is 46.2 Å². The number of ether oxygens (including phenoxy) is 2. The Morgan fingerprint density at radius 1 is 0.800 bits per heavy atom. The second-order valence-electron chi connectivity index (χ2n) is 7.45. The molecule has 0 spiro atoms. The Labute approximate surface area is 200 Å². The molecule has 0 aliphatic carbocycles. The monoisotopic (exact) mass is 512 g/mol. The summed E-state index contributed by atoms with van der Waals surface area (Å²) >= 11 is 6.30. The minimum absolute atomic E-state index is 0.0673. The highest BCUT2D eigenvalue weighted by Gasteiger charge is 2.36. The molecule has 4 aromatic rings. The van der Waals surface area contributed by atoms with Gasteiger partial charge in [-0.25, -0.2) is 4.98 Å². The van der Waals surface area contributed by atoms with E-state index in [2.05, 4.69) is 9.97 Å². The molecule has 1 aromatic heterocycles. The summed E-state index contributed by atoms with van der Waals surface area (Å²) in [7, 11) is 1.53. The van der Waals surface area contributed by atoms with Gasteiger partial charge in [0.25, 0.3) is 0 Å². The van der Waals surface area contributed by atoms with Crippen LogP contribution < -0.4 is 9.47 Å². The number of fused-ring (bicyclic) bond motifs is 1. The SMILES string of the molecule is COc1ccc2nc(-c3cc(OCc4cc(C(F)(F)F)cc(C(F)(F)F)c4)ccc3Cl)cnc2c1. The molecule has 4 rings (SSSR count). The predicted molar refractivity (Wildman–Crippen MR) is 117 cm³/mol. The predicted octanol–water partition coefficient (Wildman–Crippen LogP) is 7.58. The topological polar surface area (TPSA) is 44.2 Å². The zero-order valence-electron chi connectivity index (χ0n) is 17.8. The molecule has 11 heteroatoms. The maximum Gasteiger partial charge on any atom is 0.416 e. The number of nitrogens with zero attached hydrogens (tertiary/aromatic N) is 2. The first-order valence-corrected chi connectivity index (χ1v) is 10.3. The Hall–Kier alpha value is -3.53. The molecule has 0 aliphatic rings. The van der Waals surface area contributed by atoms with Crippen LogP contribution in [0.1, 0.15) is 16.7 Å². The van der Waals surface area contributed by atoms with E-state index in [1.165, 1.54) is 31.5 Å². The highest BCUT2D eigenvalue weighted by Crippen LogP contribution is 2.37. The minimum Gasteiger partial charge on any atom is -0.497 e. The first-order chi connectivity index (χ1) is 16.4. The summed E-state index contributed by atoms with van der Waals surface area (Å²) in [6.07, 6.45) is -8.40. The minimum atomic E-state index is -4.94. The van der Waals surface area contributed by atoms with Gasteiger partial charge in [-0.3, -0.25) is 4.98 Å². The Morgan fingerprint density at radius 3 is 2.09 bits per heavy atom. The van der Waals surface area contributed by atoms with Crippen LogP contribution >= 0.6 is 11.6 Å². The lowest BCUT2D eigenvalue weighted by Crippen LogP contribution is -2.12. The Morgan fingerprint density at radius 2 is 1.46 bits per heavy atom. The van der Waals surface area contributed by atoms with Gasteiger partial charge in [0.1, 0.15) is 18.1 Å². The number of halogens is 7. The maximum atomic E-state index is 13.1. The van der Waals surface area contributed by atoms with E-state index < -0.39 is 30.1 Å². The third-order valence-corrected chi connectivity index (χ3v) is 5.35. The van der Waals surface area contributed by atoms with E-state index in [4.69, 9.17) is 21.1 Å². The van der Waals surface area contributed by atoms with E-state index in [9.17, 15) is 26.3 Å². The fourth-order valence-electron chi connectivity index (χ4n) is 3.31. The third-order valence-electron chi connectivity index (χ3n) is 5.02. The van der Waals surface area contributed by atoms with Gasteiger partial charge >= 0.3 is 12.4 Å². The van der Waals surface area contributed by atoms with Crippen LogP contribution in [-0.4, -0.2) is 17.1 Å². The van der Waals surface area contributed by atoms with Gasteiger partial charge < -0.3 is 9.47 Å². The average molecular weight is 513 g/mol. The summed E-state index contributed by atoms with van der Waals surface area (Å²) in [5, 5.41) is 0.304. The molecule has 0 bridgehead atoms. The fourth-order valence-corrected chi connectivity index (χ4v) is 3.52. The van der Waals surface area contributed by atoms with Gasteiger partial charge in [-0.05, 0) is 54.1 Å². The largest absolute Gasteiger partial charge is 0.497 e. The number of rotatable bonds is 5. The molecule has 0 fully saturated rings. The van der Waals surface area contributed by atoms with Crippen LogP contribution in [0.5, 0.6) is 11.5 Å². The van der Waals surface area contributed by atoms with Gasteiger partial charge in [-0.2, -0.15) is 26.3 Å². The summed E-state index contributed by atoms with van der Waals surface area (Å²) in [6, 6.07) is 10.9. The first-order valence-electron chi connectivity index (χ1n) is 9.96. The van der Waals surface area contributed by atoms with Crippen LogP contribution in [0.4, 0.5) is 26.3 Å². The molecule has 0 radical (unpaired) electrons. The molecule has 0 saturated carbocycles. The summed E-state index contributed by atoms with van der Waals surface area (Å²) in [4.78, 5) is 8.85. The molecule has 0 N–H and O–H groups in total. The number of hydrogen-bond acceptors (Lipinski definition) is 4. The zero-order valence-corrected chi connectivity index (χ0v) is 18.6. The lowest BCUT2D eigenvalue weighted by molar-refractivity contribution is -0.143. The lowest BCUT2D eigenvalue weighted by Gasteiger charge is -2.15. The highest BCUT2D eigenvalue weighted by atomic mass is 35.5. The van der Waals surface area contributed by atoms with Gasteiger partial charge in [0.2, 0.25) is 0 Å². The maximum absolute atomic E-state index is 13.1. The zero-order chi connectivity index (χ0) is 25.4. The van der Waals surface area contributed by atoms with E-state index in [1.54, 1.807) is 18.2 Å². The molecule has 182 valence electrons. The lowest BCUT2D eigenvalue weighted by atomic mass is 10.1. The quantitative estimate of drug-likeness (QED) is 0.259. The van der Waals surface area contributed by atoms with Gasteiger partial charge in [-0.15, -0.1) is 0 Å². The normalized spacial score (nSPS) is 12.1. The number of hydrogen-bond donors (Lipinski definition) is 0. The van der Waals surface area contributed by atoms with Gasteiger partial charge in [-0.1, -0.05) is 11.6 Å². The van der Waals surface area contributed by atoms with Crippen molar-refractivity contribution < 1.29 is 35.8 Å². The van der Waals surface area contributed by atoms with Crippen molar-refractivity contribution in [2.24, 2.45) is 0 Å². The van der Waals surface area contributed by atoms with Crippen molar-refractivity contribution in [2.45, 2.75) is 19.0 Å². The van der Waals surface area contributed by atoms with E-state index in [0.29, 0.717) is 45.2 Å². The van der Waals surface area contributed by atoms with Crippen molar-refractivity contribution >= 4 is 22.6 Å². The molecule has 0 saturated heterocycles. The standard InChI is InChI=1S/C24H15ClF6N2O2/c1-34-16-3-5-20-21(10-16)32-11-22(33-20)18-9-17(2-4-19(18)25)35-12-13-6-14(23(26,27)28)8-15(7-13)24(29,30)31/h2-11H,12H2,1H3. The summed E-state index contributed by atoms with van der Waals surface area (Å²) in [5.74, 6) is 0.781. The van der Waals surface area contributed by atoms with Crippen molar-refractivity contribution in [3.63, 3.8) is 0 Å². The summed E-state index contributed by atoms with van der Waals surface area (Å²) in [6.45, 7) is -0.530. The van der Waals surface area contributed by atoms with E-state index >= 15 is 0 Å². The van der Waals surface area contributed by atoms with E-state index in [0.717, 1.165) is 0 Å². The number of methoxy groups -OCH3 is 1. The molecule has 35 heavy (non-hydrogen) atoms. The Balaban J connectivity index is 1.62. The Bertz CT molecular complexity index is 1360. The third kappa shape index (κ3) is 5.59. The van der Waals surface area contributed by atoms with Crippen molar-refractivity contribution in [2.75, 3.05) is 7.11 Å². The molecule has 4 nitrogen and oxygen atoms in total. The fraction of sp³-hybridized carbons (Fsp3) is 0.167. The Kier molecular flexibility index (Phi) is 6.50. The highest BCUT2D eigenvalue weighted by molar-refractivity contribution is 6.33. The van der Waals surface area contributed by atoms with Crippen molar-refractivity contribution in [1.82, 2.24) is 9.97 Å². The summed E-state index contributed by atoms with van der Waals surface area (Å²) in [5.41, 5.74) is -1.14.